The molecule has 19 heavy (non-hydrogen) atoms. The quantitative estimate of drug-likeness (QED) is 0.890. The van der Waals surface area contributed by atoms with Gasteiger partial charge in [-0.1, -0.05) is 13.8 Å². The van der Waals surface area contributed by atoms with Gasteiger partial charge in [-0.3, -0.25) is 4.79 Å². The fourth-order valence-electron chi connectivity index (χ4n) is 2.80. The second-order valence-corrected chi connectivity index (χ2v) is 5.78. The maximum Gasteiger partial charge on any atom is 0.326 e. The molecule has 0 saturated carbocycles. The van der Waals surface area contributed by atoms with Crippen molar-refractivity contribution in [3.05, 3.63) is 23.7 Å². The molecule has 5 heteroatoms. The summed E-state index contributed by atoms with van der Waals surface area (Å²) in [6.45, 7) is 6.02. The summed E-state index contributed by atoms with van der Waals surface area (Å²) in [6.07, 6.45) is 3.01. The first-order chi connectivity index (χ1) is 8.83. The summed E-state index contributed by atoms with van der Waals surface area (Å²) >= 11 is 0. The van der Waals surface area contributed by atoms with Crippen LogP contribution in [0, 0.1) is 12.3 Å². The van der Waals surface area contributed by atoms with Gasteiger partial charge < -0.3 is 14.4 Å². The van der Waals surface area contributed by atoms with Crippen molar-refractivity contribution in [2.45, 2.75) is 39.7 Å². The number of carboxylic acid groups (broad SMARTS) is 1. The van der Waals surface area contributed by atoms with E-state index in [0.717, 1.165) is 12.8 Å². The van der Waals surface area contributed by atoms with E-state index >= 15 is 0 Å². The third-order valence-corrected chi connectivity index (χ3v) is 3.74. The molecule has 104 valence electrons. The van der Waals surface area contributed by atoms with Crippen LogP contribution in [0.1, 0.15) is 42.8 Å². The van der Waals surface area contributed by atoms with E-state index < -0.39 is 17.4 Å². The maximum absolute atomic E-state index is 12.4. The lowest BCUT2D eigenvalue weighted by Crippen LogP contribution is -2.56. The van der Waals surface area contributed by atoms with Crippen LogP contribution in [0.2, 0.25) is 0 Å². The highest BCUT2D eigenvalue weighted by Crippen LogP contribution is 2.36. The number of carbonyl (C=O) groups is 2. The average Bonchev–Trinajstić information content (AvgIpc) is 2.72. The van der Waals surface area contributed by atoms with Crippen molar-refractivity contribution in [1.82, 2.24) is 4.90 Å². The number of rotatable bonds is 2. The zero-order valence-corrected chi connectivity index (χ0v) is 11.5. The number of nitrogens with zero attached hydrogens (tertiary/aromatic N) is 1. The number of carboxylic acids is 1. The molecule has 0 spiro atoms. The number of aliphatic carboxylic acids is 1. The van der Waals surface area contributed by atoms with Crippen molar-refractivity contribution in [3.8, 4) is 0 Å². The molecule has 1 fully saturated rings. The van der Waals surface area contributed by atoms with E-state index in [1.165, 1.54) is 11.2 Å². The minimum Gasteiger partial charge on any atom is -0.480 e. The molecule has 5 nitrogen and oxygen atoms in total. The monoisotopic (exact) mass is 265 g/mol. The van der Waals surface area contributed by atoms with Gasteiger partial charge >= 0.3 is 5.97 Å². The molecule has 1 aromatic rings. The zero-order chi connectivity index (χ0) is 14.2. The van der Waals surface area contributed by atoms with E-state index in [-0.39, 0.29) is 5.91 Å². The largest absolute Gasteiger partial charge is 0.480 e. The van der Waals surface area contributed by atoms with Crippen LogP contribution in [0.25, 0.3) is 0 Å². The Bertz CT molecular complexity index is 503. The van der Waals surface area contributed by atoms with Gasteiger partial charge in [0.25, 0.3) is 5.91 Å². The minimum atomic E-state index is -0.946. The zero-order valence-electron chi connectivity index (χ0n) is 11.5. The van der Waals surface area contributed by atoms with Gasteiger partial charge in [-0.2, -0.15) is 0 Å². The molecule has 1 saturated heterocycles. The van der Waals surface area contributed by atoms with Crippen molar-refractivity contribution in [2.24, 2.45) is 5.41 Å². The van der Waals surface area contributed by atoms with Gasteiger partial charge in [0.1, 0.15) is 18.1 Å². The van der Waals surface area contributed by atoms with Crippen molar-refractivity contribution in [2.75, 3.05) is 6.54 Å². The van der Waals surface area contributed by atoms with E-state index in [9.17, 15) is 14.7 Å². The van der Waals surface area contributed by atoms with Gasteiger partial charge in [-0.25, -0.2) is 4.79 Å². The molecule has 0 aromatic carbocycles. The summed E-state index contributed by atoms with van der Waals surface area (Å²) < 4.78 is 5.13. The van der Waals surface area contributed by atoms with E-state index in [1.807, 2.05) is 13.8 Å². The second kappa shape index (κ2) is 4.72. The number of amides is 1. The van der Waals surface area contributed by atoms with Crippen molar-refractivity contribution < 1.29 is 19.1 Å². The smallest absolute Gasteiger partial charge is 0.326 e. The van der Waals surface area contributed by atoms with E-state index in [2.05, 4.69) is 0 Å². The number of piperidine rings is 1. The third-order valence-electron chi connectivity index (χ3n) is 3.74. The van der Waals surface area contributed by atoms with Crippen LogP contribution in [-0.4, -0.2) is 34.5 Å². The number of carbonyl (C=O) groups excluding carboxylic acids is 1. The Morgan fingerprint density at radius 2 is 2.16 bits per heavy atom. The van der Waals surface area contributed by atoms with Gasteiger partial charge in [0.05, 0.1) is 5.56 Å². The number of likely N-dealkylation sites (tertiary alicyclic amines) is 1. The third kappa shape index (κ3) is 2.50. The molecule has 1 N–H and O–H groups in total. The highest BCUT2D eigenvalue weighted by atomic mass is 16.4. The number of furan rings is 1. The van der Waals surface area contributed by atoms with Crippen LogP contribution in [0.5, 0.6) is 0 Å². The predicted octanol–water partition coefficient (Wildman–Crippen LogP) is 2.30. The topological polar surface area (TPSA) is 70.8 Å². The molecule has 1 amide bonds. The van der Waals surface area contributed by atoms with Gasteiger partial charge in [-0.15, -0.1) is 0 Å². The lowest BCUT2D eigenvalue weighted by Gasteiger charge is -2.43. The summed E-state index contributed by atoms with van der Waals surface area (Å²) in [4.78, 5) is 25.4. The molecule has 0 aliphatic carbocycles. The van der Waals surface area contributed by atoms with Crippen molar-refractivity contribution >= 4 is 11.9 Å². The predicted molar refractivity (Wildman–Crippen MR) is 68.9 cm³/mol. The highest BCUT2D eigenvalue weighted by Gasteiger charge is 2.44. The molecule has 2 heterocycles. The summed E-state index contributed by atoms with van der Waals surface area (Å²) in [7, 11) is 0. The summed E-state index contributed by atoms with van der Waals surface area (Å²) in [6, 6.07) is 0.854. The summed E-state index contributed by atoms with van der Waals surface area (Å²) in [5.74, 6) is -0.568. The fourth-order valence-corrected chi connectivity index (χ4v) is 2.80. The molecule has 2 rings (SSSR count). The number of hydrogen-bond acceptors (Lipinski definition) is 3. The number of aryl methyl sites for hydroxylation is 1. The van der Waals surface area contributed by atoms with Crippen molar-refractivity contribution in [3.63, 3.8) is 0 Å². The lowest BCUT2D eigenvalue weighted by molar-refractivity contribution is -0.148. The Hall–Kier alpha value is -1.78. The normalized spacial score (nSPS) is 22.3. The molecule has 1 unspecified atom stereocenters. The first-order valence-electron chi connectivity index (χ1n) is 6.42. The SMILES string of the molecule is Cc1cc(C(=O)N2CCCC(C)(C)C2C(=O)O)co1. The second-order valence-electron chi connectivity index (χ2n) is 5.78. The Balaban J connectivity index is 2.31. The van der Waals surface area contributed by atoms with Crippen LogP contribution in [-0.2, 0) is 4.79 Å². The Morgan fingerprint density at radius 3 is 2.68 bits per heavy atom. The first-order valence-corrected chi connectivity index (χ1v) is 6.42. The van der Waals surface area contributed by atoms with Gasteiger partial charge in [0, 0.05) is 6.54 Å². The molecule has 1 aliphatic heterocycles. The molecule has 0 radical (unpaired) electrons. The average molecular weight is 265 g/mol. The summed E-state index contributed by atoms with van der Waals surface area (Å²) in [5.41, 5.74) is -0.000122. The van der Waals surface area contributed by atoms with E-state index in [0.29, 0.717) is 17.9 Å². The standard InChI is InChI=1S/C14H19NO4/c1-9-7-10(8-19-9)12(16)15-6-4-5-14(2,3)11(15)13(17)18/h7-8,11H,4-6H2,1-3H3,(H,17,18). The van der Waals surface area contributed by atoms with Crippen LogP contribution in [0.15, 0.2) is 16.7 Å². The van der Waals surface area contributed by atoms with Gasteiger partial charge in [0.2, 0.25) is 0 Å². The van der Waals surface area contributed by atoms with Crippen LogP contribution in [0.4, 0.5) is 0 Å². The molecule has 1 atom stereocenters. The molecular weight excluding hydrogens is 246 g/mol. The Labute approximate surface area is 112 Å². The molecule has 1 aromatic heterocycles. The van der Waals surface area contributed by atoms with Crippen LogP contribution in [0.3, 0.4) is 0 Å². The first kappa shape index (κ1) is 13.6. The lowest BCUT2D eigenvalue weighted by atomic mass is 9.76. The van der Waals surface area contributed by atoms with Gasteiger partial charge in [0.15, 0.2) is 0 Å². The van der Waals surface area contributed by atoms with Crippen molar-refractivity contribution in [1.29, 1.82) is 0 Å². The number of hydrogen-bond donors (Lipinski definition) is 1. The molecule has 0 bridgehead atoms. The molecule has 1 aliphatic rings. The molecular formula is C14H19NO4. The fraction of sp³-hybridized carbons (Fsp3) is 0.571. The van der Waals surface area contributed by atoms with Gasteiger partial charge in [-0.05, 0) is 31.2 Å². The van der Waals surface area contributed by atoms with Crippen LogP contribution >= 0.6 is 0 Å². The Kier molecular flexibility index (Phi) is 3.39. The van der Waals surface area contributed by atoms with E-state index in [4.69, 9.17) is 4.42 Å². The highest BCUT2D eigenvalue weighted by molar-refractivity contribution is 5.96. The Morgan fingerprint density at radius 1 is 1.47 bits per heavy atom. The van der Waals surface area contributed by atoms with Crippen LogP contribution < -0.4 is 0 Å². The van der Waals surface area contributed by atoms with E-state index in [1.54, 1.807) is 13.0 Å². The summed E-state index contributed by atoms with van der Waals surface area (Å²) in [5, 5.41) is 9.43. The maximum atomic E-state index is 12.4. The minimum absolute atomic E-state index is 0.267.